The maximum absolute atomic E-state index is 5.43. The lowest BCUT2D eigenvalue weighted by Gasteiger charge is -2.06. The molecule has 8 nitrogen and oxygen atoms in total. The molecule has 0 amide bonds. The molecule has 19 heavy (non-hydrogen) atoms. The summed E-state index contributed by atoms with van der Waals surface area (Å²) < 4.78 is 7.08. The number of rotatable bonds is 6. The Bertz CT molecular complexity index is 544. The van der Waals surface area contributed by atoms with Crippen molar-refractivity contribution in [2.24, 2.45) is 7.05 Å². The van der Waals surface area contributed by atoms with Crippen molar-refractivity contribution in [2.45, 2.75) is 23.7 Å². The fourth-order valence-electron chi connectivity index (χ4n) is 1.21. The van der Waals surface area contributed by atoms with Crippen LogP contribution in [-0.2, 0) is 7.05 Å². The Morgan fingerprint density at radius 3 is 2.84 bits per heavy atom. The zero-order valence-electron chi connectivity index (χ0n) is 11.0. The van der Waals surface area contributed by atoms with Gasteiger partial charge in [0.1, 0.15) is 6.33 Å². The summed E-state index contributed by atoms with van der Waals surface area (Å²) in [6.07, 6.45) is 2.38. The van der Waals surface area contributed by atoms with E-state index in [1.54, 1.807) is 11.7 Å². The van der Waals surface area contributed by atoms with Gasteiger partial charge in [-0.2, -0.15) is 20.1 Å². The summed E-state index contributed by atoms with van der Waals surface area (Å²) in [5, 5.41) is 8.09. The molecule has 0 radical (unpaired) electrons. The first-order valence-electron chi connectivity index (χ1n) is 5.81. The van der Waals surface area contributed by atoms with E-state index in [4.69, 9.17) is 4.74 Å². The number of ether oxygens (including phenoxy) is 1. The first-order valence-corrected chi connectivity index (χ1v) is 6.63. The Kier molecular flexibility index (Phi) is 4.50. The summed E-state index contributed by atoms with van der Waals surface area (Å²) in [6.45, 7) is 2.59. The van der Waals surface area contributed by atoms with Gasteiger partial charge < -0.3 is 10.1 Å². The van der Waals surface area contributed by atoms with E-state index in [-0.39, 0.29) is 0 Å². The molecular formula is C10H15N7OS. The first-order chi connectivity index (χ1) is 9.22. The van der Waals surface area contributed by atoms with Crippen LogP contribution >= 0.6 is 11.8 Å². The Morgan fingerprint density at radius 2 is 2.21 bits per heavy atom. The third kappa shape index (κ3) is 3.53. The molecule has 2 aromatic rings. The SMILES string of the molecule is CCCOc1nc(NC)nc(Sc2ncnn2C)n1. The first kappa shape index (κ1) is 13.5. The fourth-order valence-corrected chi connectivity index (χ4v) is 1.91. The molecule has 0 unspecified atom stereocenters. The lowest BCUT2D eigenvalue weighted by molar-refractivity contribution is 0.288. The summed E-state index contributed by atoms with van der Waals surface area (Å²) in [6, 6.07) is 0.311. The Labute approximate surface area is 115 Å². The van der Waals surface area contributed by atoms with Crippen molar-refractivity contribution in [3.05, 3.63) is 6.33 Å². The summed E-state index contributed by atoms with van der Waals surface area (Å²) >= 11 is 1.31. The minimum absolute atomic E-state index is 0.311. The molecular weight excluding hydrogens is 266 g/mol. The van der Waals surface area contributed by atoms with E-state index in [1.807, 2.05) is 14.0 Å². The van der Waals surface area contributed by atoms with Gasteiger partial charge in [0.25, 0.3) is 0 Å². The van der Waals surface area contributed by atoms with E-state index in [1.165, 1.54) is 18.1 Å². The van der Waals surface area contributed by atoms with Crippen molar-refractivity contribution in [3.8, 4) is 6.01 Å². The van der Waals surface area contributed by atoms with Crippen molar-refractivity contribution in [2.75, 3.05) is 19.0 Å². The summed E-state index contributed by atoms with van der Waals surface area (Å²) in [4.78, 5) is 16.7. The second-order valence-corrected chi connectivity index (χ2v) is 4.53. The van der Waals surface area contributed by atoms with E-state index in [9.17, 15) is 0 Å². The molecule has 0 saturated carbocycles. The Morgan fingerprint density at radius 1 is 1.37 bits per heavy atom. The molecule has 0 fully saturated rings. The van der Waals surface area contributed by atoms with Crippen LogP contribution in [0, 0.1) is 0 Å². The van der Waals surface area contributed by atoms with Gasteiger partial charge in [0, 0.05) is 14.1 Å². The monoisotopic (exact) mass is 281 g/mol. The number of anilines is 1. The molecule has 0 aliphatic rings. The standard InChI is InChI=1S/C10H15N7OS/c1-4-5-18-8-14-7(11-2)15-9(16-8)19-10-12-6-13-17(10)3/h6H,4-5H2,1-3H3,(H,11,14,15,16). The predicted molar refractivity (Wildman–Crippen MR) is 70.3 cm³/mol. The Hall–Kier alpha value is -1.90. The highest BCUT2D eigenvalue weighted by molar-refractivity contribution is 7.99. The van der Waals surface area contributed by atoms with Gasteiger partial charge in [0.2, 0.25) is 11.1 Å². The van der Waals surface area contributed by atoms with Crippen LogP contribution in [-0.4, -0.2) is 43.4 Å². The zero-order chi connectivity index (χ0) is 13.7. The molecule has 0 saturated heterocycles. The molecule has 2 heterocycles. The number of nitrogens with zero attached hydrogens (tertiary/aromatic N) is 6. The van der Waals surface area contributed by atoms with Gasteiger partial charge in [0.05, 0.1) is 6.61 Å². The molecule has 2 rings (SSSR count). The molecule has 0 bridgehead atoms. The van der Waals surface area contributed by atoms with Gasteiger partial charge in [-0.15, -0.1) is 0 Å². The molecule has 1 N–H and O–H groups in total. The van der Waals surface area contributed by atoms with Crippen LogP contribution in [0.25, 0.3) is 0 Å². The molecule has 0 aliphatic heterocycles. The summed E-state index contributed by atoms with van der Waals surface area (Å²) in [5.41, 5.74) is 0. The van der Waals surface area contributed by atoms with Crippen LogP contribution in [0.3, 0.4) is 0 Å². The third-order valence-electron chi connectivity index (χ3n) is 2.11. The third-order valence-corrected chi connectivity index (χ3v) is 3.02. The van der Waals surface area contributed by atoms with Crippen LogP contribution in [0.1, 0.15) is 13.3 Å². The van der Waals surface area contributed by atoms with E-state index < -0.39 is 0 Å². The number of aromatic nitrogens is 6. The van der Waals surface area contributed by atoms with Crippen LogP contribution in [0.2, 0.25) is 0 Å². The van der Waals surface area contributed by atoms with Gasteiger partial charge in [-0.1, -0.05) is 6.92 Å². The zero-order valence-corrected chi connectivity index (χ0v) is 11.8. The lowest BCUT2D eigenvalue weighted by Crippen LogP contribution is -2.06. The quantitative estimate of drug-likeness (QED) is 0.838. The van der Waals surface area contributed by atoms with Crippen LogP contribution in [0.5, 0.6) is 6.01 Å². The lowest BCUT2D eigenvalue weighted by atomic mass is 10.5. The normalized spacial score (nSPS) is 10.5. The van der Waals surface area contributed by atoms with Crippen LogP contribution < -0.4 is 10.1 Å². The average Bonchev–Trinajstić information content (AvgIpc) is 2.81. The van der Waals surface area contributed by atoms with Gasteiger partial charge in [-0.05, 0) is 18.2 Å². The van der Waals surface area contributed by atoms with Crippen molar-refractivity contribution < 1.29 is 4.74 Å². The van der Waals surface area contributed by atoms with Gasteiger partial charge in [-0.25, -0.2) is 9.67 Å². The molecule has 0 atom stereocenters. The summed E-state index contributed by atoms with van der Waals surface area (Å²) in [5.74, 6) is 0.464. The Balaban J connectivity index is 2.21. The van der Waals surface area contributed by atoms with Crippen molar-refractivity contribution in [1.29, 1.82) is 0 Å². The maximum atomic E-state index is 5.43. The average molecular weight is 281 g/mol. The topological polar surface area (TPSA) is 90.6 Å². The second-order valence-electron chi connectivity index (χ2n) is 3.59. The number of hydrogen-bond acceptors (Lipinski definition) is 8. The second kappa shape index (κ2) is 6.32. The minimum atomic E-state index is 0.311. The fraction of sp³-hybridized carbons (Fsp3) is 0.500. The number of aryl methyl sites for hydroxylation is 1. The molecule has 0 spiro atoms. The largest absolute Gasteiger partial charge is 0.463 e. The van der Waals surface area contributed by atoms with Gasteiger partial charge >= 0.3 is 6.01 Å². The van der Waals surface area contributed by atoms with Crippen molar-refractivity contribution in [1.82, 2.24) is 29.7 Å². The van der Waals surface area contributed by atoms with Crippen molar-refractivity contribution in [3.63, 3.8) is 0 Å². The maximum Gasteiger partial charge on any atom is 0.322 e. The molecule has 0 aliphatic carbocycles. The smallest absolute Gasteiger partial charge is 0.322 e. The van der Waals surface area contributed by atoms with Crippen LogP contribution in [0.4, 0.5) is 5.95 Å². The minimum Gasteiger partial charge on any atom is -0.463 e. The number of nitrogens with one attached hydrogen (secondary N) is 1. The van der Waals surface area contributed by atoms with Crippen LogP contribution in [0.15, 0.2) is 16.6 Å². The van der Waals surface area contributed by atoms with Crippen molar-refractivity contribution >= 4 is 17.7 Å². The van der Waals surface area contributed by atoms with Gasteiger partial charge in [-0.3, -0.25) is 0 Å². The predicted octanol–water partition coefficient (Wildman–Crippen LogP) is 0.982. The van der Waals surface area contributed by atoms with E-state index in [0.29, 0.717) is 28.9 Å². The van der Waals surface area contributed by atoms with E-state index >= 15 is 0 Å². The highest BCUT2D eigenvalue weighted by atomic mass is 32.2. The highest BCUT2D eigenvalue weighted by Gasteiger charge is 2.11. The molecule has 0 aromatic carbocycles. The number of hydrogen-bond donors (Lipinski definition) is 1. The summed E-state index contributed by atoms with van der Waals surface area (Å²) in [7, 11) is 3.56. The van der Waals surface area contributed by atoms with E-state index in [0.717, 1.165) is 6.42 Å². The molecule has 9 heteroatoms. The molecule has 102 valence electrons. The highest BCUT2D eigenvalue weighted by Crippen LogP contribution is 2.23. The molecule has 2 aromatic heterocycles. The van der Waals surface area contributed by atoms with E-state index in [2.05, 4.69) is 30.4 Å². The van der Waals surface area contributed by atoms with Gasteiger partial charge in [0.15, 0.2) is 5.16 Å².